The van der Waals surface area contributed by atoms with Gasteiger partial charge in [0.25, 0.3) is 0 Å². The van der Waals surface area contributed by atoms with Gasteiger partial charge in [-0.2, -0.15) is 0 Å². The van der Waals surface area contributed by atoms with Gasteiger partial charge in [0.1, 0.15) is 5.75 Å². The molecule has 0 atom stereocenters. The highest BCUT2D eigenvalue weighted by atomic mass is 16.5. The first-order chi connectivity index (χ1) is 9.83. The first-order valence-electron chi connectivity index (χ1n) is 6.84. The van der Waals surface area contributed by atoms with E-state index in [1.54, 1.807) is 0 Å². The number of rotatable bonds is 2. The highest BCUT2D eigenvalue weighted by Gasteiger charge is 2.08. The Labute approximate surface area is 119 Å². The number of fused-ring (bicyclic) bond motifs is 2. The van der Waals surface area contributed by atoms with Crippen LogP contribution in [0.3, 0.4) is 0 Å². The summed E-state index contributed by atoms with van der Waals surface area (Å²) < 4.78 is 5.85. The summed E-state index contributed by atoms with van der Waals surface area (Å²) >= 11 is 0. The van der Waals surface area contributed by atoms with Gasteiger partial charge < -0.3 is 4.74 Å². The van der Waals surface area contributed by atoms with Gasteiger partial charge in [0.2, 0.25) is 0 Å². The fraction of sp³-hybridized carbons (Fsp3) is 0.158. The number of ether oxygens (including phenoxy) is 1. The molecular weight excluding hydrogens is 244 g/mol. The summed E-state index contributed by atoms with van der Waals surface area (Å²) in [6.45, 7) is 4.49. The maximum absolute atomic E-state index is 5.85. The third-order valence-corrected chi connectivity index (χ3v) is 3.39. The molecule has 0 aliphatic rings. The maximum Gasteiger partial charge on any atom is 0.142 e. The average Bonchev–Trinajstić information content (AvgIpc) is 2.48. The Kier molecular flexibility index (Phi) is 3.31. The Morgan fingerprint density at radius 1 is 0.950 bits per heavy atom. The summed E-state index contributed by atoms with van der Waals surface area (Å²) in [6, 6.07) is 16.9. The van der Waals surface area contributed by atoms with E-state index < -0.39 is 0 Å². The van der Waals surface area contributed by atoms with Crippen LogP contribution < -0.4 is 4.74 Å². The van der Waals surface area contributed by atoms with Gasteiger partial charge in [0.05, 0.1) is 12.2 Å². The van der Waals surface area contributed by atoms with Crippen LogP contribution in [-0.4, -0.2) is 6.61 Å². The summed E-state index contributed by atoms with van der Waals surface area (Å²) in [5.74, 6) is 6.97. The zero-order chi connectivity index (χ0) is 13.9. The molecule has 0 aliphatic carbocycles. The SMILES string of the molecule is CC#Cc1ccc2cc3ccccc3cc2c1OCC. The minimum absolute atomic E-state index is 0.643. The number of benzene rings is 3. The fourth-order valence-electron chi connectivity index (χ4n) is 2.52. The van der Waals surface area contributed by atoms with Gasteiger partial charge in [-0.05, 0) is 48.2 Å². The van der Waals surface area contributed by atoms with E-state index in [0.29, 0.717) is 6.61 Å². The lowest BCUT2D eigenvalue weighted by Gasteiger charge is -2.11. The van der Waals surface area contributed by atoms with Crippen LogP contribution >= 0.6 is 0 Å². The van der Waals surface area contributed by atoms with Gasteiger partial charge >= 0.3 is 0 Å². The number of hydrogen-bond donors (Lipinski definition) is 0. The summed E-state index contributed by atoms with van der Waals surface area (Å²) in [5, 5.41) is 4.79. The van der Waals surface area contributed by atoms with E-state index in [-0.39, 0.29) is 0 Å². The third-order valence-electron chi connectivity index (χ3n) is 3.39. The molecule has 0 unspecified atom stereocenters. The van der Waals surface area contributed by atoms with Crippen LogP contribution in [0, 0.1) is 11.8 Å². The lowest BCUT2D eigenvalue weighted by molar-refractivity contribution is 0.343. The largest absolute Gasteiger partial charge is 0.492 e. The van der Waals surface area contributed by atoms with Crippen molar-refractivity contribution in [3.8, 4) is 17.6 Å². The van der Waals surface area contributed by atoms with Crippen molar-refractivity contribution in [2.24, 2.45) is 0 Å². The Morgan fingerprint density at radius 2 is 1.70 bits per heavy atom. The second-order valence-electron chi connectivity index (χ2n) is 4.67. The minimum atomic E-state index is 0.643. The van der Waals surface area contributed by atoms with Crippen molar-refractivity contribution in [3.05, 3.63) is 54.1 Å². The zero-order valence-electron chi connectivity index (χ0n) is 11.7. The lowest BCUT2D eigenvalue weighted by atomic mass is 10.0. The highest BCUT2D eigenvalue weighted by Crippen LogP contribution is 2.32. The molecule has 0 amide bonds. The van der Waals surface area contributed by atoms with E-state index in [9.17, 15) is 0 Å². The van der Waals surface area contributed by atoms with E-state index >= 15 is 0 Å². The van der Waals surface area contributed by atoms with E-state index in [1.807, 2.05) is 19.9 Å². The van der Waals surface area contributed by atoms with Crippen molar-refractivity contribution in [2.45, 2.75) is 13.8 Å². The molecule has 3 aromatic carbocycles. The van der Waals surface area contributed by atoms with Gasteiger partial charge in [-0.1, -0.05) is 36.3 Å². The smallest absolute Gasteiger partial charge is 0.142 e. The Bertz CT molecular complexity index is 835. The van der Waals surface area contributed by atoms with E-state index in [4.69, 9.17) is 4.74 Å². The fourth-order valence-corrected chi connectivity index (χ4v) is 2.52. The summed E-state index contributed by atoms with van der Waals surface area (Å²) in [6.07, 6.45) is 0. The topological polar surface area (TPSA) is 9.23 Å². The second kappa shape index (κ2) is 5.27. The highest BCUT2D eigenvalue weighted by molar-refractivity contribution is 6.01. The summed E-state index contributed by atoms with van der Waals surface area (Å²) in [4.78, 5) is 0. The molecule has 0 aromatic heterocycles. The van der Waals surface area contributed by atoms with Gasteiger partial charge in [-0.15, -0.1) is 5.92 Å². The predicted molar refractivity (Wildman–Crippen MR) is 85.2 cm³/mol. The van der Waals surface area contributed by atoms with Gasteiger partial charge in [-0.3, -0.25) is 0 Å². The molecule has 0 saturated carbocycles. The first kappa shape index (κ1) is 12.6. The van der Waals surface area contributed by atoms with Crippen molar-refractivity contribution in [1.82, 2.24) is 0 Å². The molecule has 0 fully saturated rings. The van der Waals surface area contributed by atoms with Crippen molar-refractivity contribution in [1.29, 1.82) is 0 Å². The molecule has 0 saturated heterocycles. The maximum atomic E-state index is 5.85. The van der Waals surface area contributed by atoms with Crippen molar-refractivity contribution in [3.63, 3.8) is 0 Å². The molecule has 0 spiro atoms. The molecule has 3 rings (SSSR count). The quantitative estimate of drug-likeness (QED) is 0.476. The zero-order valence-corrected chi connectivity index (χ0v) is 11.7. The number of hydrogen-bond acceptors (Lipinski definition) is 1. The predicted octanol–water partition coefficient (Wildman–Crippen LogP) is 4.76. The molecule has 3 aromatic rings. The summed E-state index contributed by atoms with van der Waals surface area (Å²) in [7, 11) is 0. The van der Waals surface area contributed by atoms with E-state index in [1.165, 1.54) is 16.2 Å². The summed E-state index contributed by atoms with van der Waals surface area (Å²) in [5.41, 5.74) is 0.956. The van der Waals surface area contributed by atoms with Gasteiger partial charge in [-0.25, -0.2) is 0 Å². The van der Waals surface area contributed by atoms with Crippen LogP contribution in [-0.2, 0) is 0 Å². The normalized spacial score (nSPS) is 10.3. The Balaban J connectivity index is 2.38. The molecular formula is C19H16O. The van der Waals surface area contributed by atoms with Crippen LogP contribution in [0.4, 0.5) is 0 Å². The lowest BCUT2D eigenvalue weighted by Crippen LogP contribution is -1.95. The Morgan fingerprint density at radius 3 is 2.40 bits per heavy atom. The second-order valence-corrected chi connectivity index (χ2v) is 4.67. The van der Waals surface area contributed by atoms with E-state index in [2.05, 4.69) is 54.3 Å². The molecule has 1 nitrogen and oxygen atoms in total. The van der Waals surface area contributed by atoms with Crippen LogP contribution in [0.1, 0.15) is 19.4 Å². The van der Waals surface area contributed by atoms with Crippen molar-refractivity contribution in [2.75, 3.05) is 6.61 Å². The monoisotopic (exact) mass is 260 g/mol. The molecule has 0 aliphatic heterocycles. The molecule has 1 heteroatoms. The van der Waals surface area contributed by atoms with Crippen molar-refractivity contribution >= 4 is 21.5 Å². The third kappa shape index (κ3) is 2.10. The average molecular weight is 260 g/mol. The van der Waals surface area contributed by atoms with Crippen LogP contribution in [0.25, 0.3) is 21.5 Å². The van der Waals surface area contributed by atoms with Crippen LogP contribution in [0.5, 0.6) is 5.75 Å². The van der Waals surface area contributed by atoms with Crippen molar-refractivity contribution < 1.29 is 4.74 Å². The molecule has 0 N–H and O–H groups in total. The molecule has 20 heavy (non-hydrogen) atoms. The standard InChI is InChI=1S/C19H16O/c1-3-7-14-10-11-17-12-15-8-5-6-9-16(15)13-18(17)19(14)20-4-2/h5-6,8-13H,4H2,1-2H3. The molecule has 0 radical (unpaired) electrons. The molecule has 98 valence electrons. The molecule has 0 bridgehead atoms. The molecule has 0 heterocycles. The van der Waals surface area contributed by atoms with Crippen LogP contribution in [0.15, 0.2) is 48.5 Å². The van der Waals surface area contributed by atoms with E-state index in [0.717, 1.165) is 16.7 Å². The van der Waals surface area contributed by atoms with Gasteiger partial charge in [0, 0.05) is 5.39 Å². The first-order valence-corrected chi connectivity index (χ1v) is 6.84. The minimum Gasteiger partial charge on any atom is -0.492 e. The van der Waals surface area contributed by atoms with Crippen LogP contribution in [0.2, 0.25) is 0 Å². The van der Waals surface area contributed by atoms with Gasteiger partial charge in [0.15, 0.2) is 0 Å². The Hall–Kier alpha value is -2.46.